The number of nitrogens with zero attached hydrogens (tertiary/aromatic N) is 2. The van der Waals surface area contributed by atoms with Gasteiger partial charge in [0.15, 0.2) is 5.13 Å². The van der Waals surface area contributed by atoms with Crippen LogP contribution in [-0.2, 0) is 9.53 Å². The Kier molecular flexibility index (Phi) is 4.85. The number of benzene rings is 1. The summed E-state index contributed by atoms with van der Waals surface area (Å²) >= 11 is 1.54. The number of aromatic nitrogens is 1. The van der Waals surface area contributed by atoms with Gasteiger partial charge in [-0.25, -0.2) is 9.78 Å². The maximum Gasteiger partial charge on any atom is 0.333 e. The van der Waals surface area contributed by atoms with E-state index in [-0.39, 0.29) is 11.7 Å². The molecule has 24 heavy (non-hydrogen) atoms. The first kappa shape index (κ1) is 16.5. The fourth-order valence-corrected chi connectivity index (χ4v) is 3.50. The first-order valence-electron chi connectivity index (χ1n) is 7.95. The van der Waals surface area contributed by atoms with Gasteiger partial charge in [0, 0.05) is 29.6 Å². The summed E-state index contributed by atoms with van der Waals surface area (Å²) in [5.74, 6) is 0.0160. The van der Waals surface area contributed by atoms with Crippen LogP contribution < -0.4 is 4.90 Å². The standard InChI is InChI=1S/C18H20N2O3S/c1-3-23-17(22)13-6-8-20(9-7-13)18-19-15(11-24-18)14-10-12(2)4-5-16(14)21/h4-6,10-11,21H,3,7-9H2,1-2H3. The molecule has 1 aromatic heterocycles. The summed E-state index contributed by atoms with van der Waals surface area (Å²) in [6.45, 7) is 5.57. The number of rotatable bonds is 4. The Morgan fingerprint density at radius 3 is 3.00 bits per heavy atom. The van der Waals surface area contributed by atoms with Crippen LogP contribution in [0.2, 0.25) is 0 Å². The first-order chi connectivity index (χ1) is 11.6. The Balaban J connectivity index is 1.75. The van der Waals surface area contributed by atoms with E-state index in [4.69, 9.17) is 4.74 Å². The molecule has 6 heteroatoms. The molecule has 0 atom stereocenters. The highest BCUT2D eigenvalue weighted by Crippen LogP contribution is 2.34. The maximum absolute atomic E-state index is 11.7. The number of ether oxygens (including phenoxy) is 1. The largest absolute Gasteiger partial charge is 0.507 e. The van der Waals surface area contributed by atoms with Gasteiger partial charge in [-0.2, -0.15) is 0 Å². The third-order valence-corrected chi connectivity index (χ3v) is 4.84. The molecule has 0 radical (unpaired) electrons. The average Bonchev–Trinajstić information content (AvgIpc) is 3.07. The average molecular weight is 344 g/mol. The molecule has 1 aromatic carbocycles. The number of carbonyl (C=O) groups excluding carboxylic acids is 1. The number of carbonyl (C=O) groups is 1. The number of hydrogen-bond donors (Lipinski definition) is 1. The molecule has 2 heterocycles. The van der Waals surface area contributed by atoms with Crippen LogP contribution in [0.5, 0.6) is 5.75 Å². The fourth-order valence-electron chi connectivity index (χ4n) is 2.64. The van der Waals surface area contributed by atoms with E-state index in [2.05, 4.69) is 9.88 Å². The summed E-state index contributed by atoms with van der Waals surface area (Å²) in [7, 11) is 0. The molecule has 0 fully saturated rings. The van der Waals surface area contributed by atoms with Crippen molar-refractivity contribution >= 4 is 22.4 Å². The van der Waals surface area contributed by atoms with Crippen molar-refractivity contribution in [1.29, 1.82) is 0 Å². The first-order valence-corrected chi connectivity index (χ1v) is 8.83. The van der Waals surface area contributed by atoms with Crippen LogP contribution in [0.3, 0.4) is 0 Å². The van der Waals surface area contributed by atoms with Crippen LogP contribution in [0.25, 0.3) is 11.3 Å². The van der Waals surface area contributed by atoms with E-state index in [9.17, 15) is 9.90 Å². The zero-order chi connectivity index (χ0) is 17.1. The van der Waals surface area contributed by atoms with Crippen LogP contribution in [-0.4, -0.2) is 35.8 Å². The van der Waals surface area contributed by atoms with Crippen molar-refractivity contribution in [1.82, 2.24) is 4.98 Å². The van der Waals surface area contributed by atoms with Crippen molar-refractivity contribution in [2.75, 3.05) is 24.6 Å². The molecule has 0 saturated heterocycles. The third kappa shape index (κ3) is 3.43. The highest BCUT2D eigenvalue weighted by molar-refractivity contribution is 7.14. The van der Waals surface area contributed by atoms with Crippen molar-refractivity contribution in [3.05, 3.63) is 40.8 Å². The normalized spacial score (nSPS) is 14.4. The number of aromatic hydroxyl groups is 1. The predicted molar refractivity (Wildman–Crippen MR) is 95.5 cm³/mol. The van der Waals surface area contributed by atoms with Crippen molar-refractivity contribution in [3.8, 4) is 17.0 Å². The molecule has 0 amide bonds. The summed E-state index contributed by atoms with van der Waals surface area (Å²) in [6.07, 6.45) is 2.57. The molecule has 0 bridgehead atoms. The van der Waals surface area contributed by atoms with Gasteiger partial charge in [-0.15, -0.1) is 11.3 Å². The Morgan fingerprint density at radius 1 is 1.46 bits per heavy atom. The molecule has 1 N–H and O–H groups in total. The smallest absolute Gasteiger partial charge is 0.333 e. The highest BCUT2D eigenvalue weighted by atomic mass is 32.1. The molecular weight excluding hydrogens is 324 g/mol. The van der Waals surface area contributed by atoms with Gasteiger partial charge in [0.25, 0.3) is 0 Å². The quantitative estimate of drug-likeness (QED) is 0.860. The van der Waals surface area contributed by atoms with E-state index < -0.39 is 0 Å². The Bertz CT molecular complexity index is 782. The van der Waals surface area contributed by atoms with Crippen LogP contribution in [0, 0.1) is 6.92 Å². The molecule has 0 saturated carbocycles. The summed E-state index contributed by atoms with van der Waals surface area (Å²) in [5, 5.41) is 12.9. The van der Waals surface area contributed by atoms with E-state index in [1.54, 1.807) is 17.4 Å². The minimum absolute atomic E-state index is 0.221. The number of phenolic OH excluding ortho intramolecular Hbond substituents is 1. The van der Waals surface area contributed by atoms with Crippen molar-refractivity contribution in [2.45, 2.75) is 20.3 Å². The molecule has 5 nitrogen and oxygen atoms in total. The van der Waals surface area contributed by atoms with Gasteiger partial charge in [-0.05, 0) is 32.4 Å². The lowest BCUT2D eigenvalue weighted by atomic mass is 10.1. The van der Waals surface area contributed by atoms with Gasteiger partial charge in [0.05, 0.1) is 12.3 Å². The summed E-state index contributed by atoms with van der Waals surface area (Å²) in [5.41, 5.74) is 3.34. The van der Waals surface area contributed by atoms with Gasteiger partial charge in [-0.1, -0.05) is 17.7 Å². The monoisotopic (exact) mass is 344 g/mol. The summed E-state index contributed by atoms with van der Waals surface area (Å²) in [4.78, 5) is 18.5. The van der Waals surface area contributed by atoms with E-state index in [0.717, 1.165) is 34.1 Å². The molecule has 126 valence electrons. The third-order valence-electron chi connectivity index (χ3n) is 3.94. The molecule has 0 spiro atoms. The lowest BCUT2D eigenvalue weighted by Gasteiger charge is -2.25. The van der Waals surface area contributed by atoms with Crippen LogP contribution in [0.15, 0.2) is 35.2 Å². The zero-order valence-corrected chi connectivity index (χ0v) is 14.6. The number of esters is 1. The zero-order valence-electron chi connectivity index (χ0n) is 13.8. The molecule has 2 aromatic rings. The lowest BCUT2D eigenvalue weighted by Crippen LogP contribution is -2.30. The number of hydrogen-bond acceptors (Lipinski definition) is 6. The van der Waals surface area contributed by atoms with E-state index in [1.807, 2.05) is 37.4 Å². The molecule has 0 unspecified atom stereocenters. The van der Waals surface area contributed by atoms with Crippen molar-refractivity contribution in [2.24, 2.45) is 0 Å². The number of thiazole rings is 1. The maximum atomic E-state index is 11.7. The predicted octanol–water partition coefficient (Wildman–Crippen LogP) is 3.52. The molecule has 1 aliphatic rings. The minimum atomic E-state index is -0.221. The molecule has 0 aliphatic carbocycles. The second-order valence-corrected chi connectivity index (χ2v) is 6.52. The molecule has 3 rings (SSSR count). The highest BCUT2D eigenvalue weighted by Gasteiger charge is 2.20. The van der Waals surface area contributed by atoms with E-state index in [1.165, 1.54) is 0 Å². The van der Waals surface area contributed by atoms with Crippen LogP contribution >= 0.6 is 11.3 Å². The van der Waals surface area contributed by atoms with Gasteiger partial charge >= 0.3 is 5.97 Å². The molecular formula is C18H20N2O3S. The number of phenols is 1. The van der Waals surface area contributed by atoms with E-state index in [0.29, 0.717) is 19.6 Å². The Labute approximate surface area is 145 Å². The summed E-state index contributed by atoms with van der Waals surface area (Å²) < 4.78 is 5.04. The van der Waals surface area contributed by atoms with Gasteiger partial charge in [0.2, 0.25) is 0 Å². The van der Waals surface area contributed by atoms with Crippen LogP contribution in [0.4, 0.5) is 5.13 Å². The number of aryl methyl sites for hydroxylation is 1. The van der Waals surface area contributed by atoms with Crippen molar-refractivity contribution < 1.29 is 14.6 Å². The lowest BCUT2D eigenvalue weighted by molar-refractivity contribution is -0.138. The molecule has 1 aliphatic heterocycles. The second kappa shape index (κ2) is 7.05. The topological polar surface area (TPSA) is 62.7 Å². The van der Waals surface area contributed by atoms with Crippen LogP contribution in [0.1, 0.15) is 18.9 Å². The Morgan fingerprint density at radius 2 is 2.29 bits per heavy atom. The number of anilines is 1. The minimum Gasteiger partial charge on any atom is -0.507 e. The second-order valence-electron chi connectivity index (χ2n) is 5.68. The van der Waals surface area contributed by atoms with Gasteiger partial charge < -0.3 is 14.7 Å². The Hall–Kier alpha value is -2.34. The van der Waals surface area contributed by atoms with E-state index >= 15 is 0 Å². The van der Waals surface area contributed by atoms with Crippen molar-refractivity contribution in [3.63, 3.8) is 0 Å². The van der Waals surface area contributed by atoms with Gasteiger partial charge in [0.1, 0.15) is 5.75 Å². The summed E-state index contributed by atoms with van der Waals surface area (Å²) in [6, 6.07) is 5.50. The fraction of sp³-hybridized carbons (Fsp3) is 0.333. The van der Waals surface area contributed by atoms with Gasteiger partial charge in [-0.3, -0.25) is 0 Å². The SMILES string of the molecule is CCOC(=O)C1=CCN(c2nc(-c3cc(C)ccc3O)cs2)CC1.